The molecule has 0 aliphatic heterocycles. The van der Waals surface area contributed by atoms with Gasteiger partial charge in [0.1, 0.15) is 60.9 Å². The molecular weight excluding hydrogens is 1120 g/mol. The summed E-state index contributed by atoms with van der Waals surface area (Å²) in [6, 6.07) is 18.9. The van der Waals surface area contributed by atoms with E-state index < -0.39 is 0 Å². The fourth-order valence-electron chi connectivity index (χ4n) is 12.9. The van der Waals surface area contributed by atoms with Gasteiger partial charge in [-0.2, -0.15) is 0 Å². The molecule has 0 saturated heterocycles. The third-order valence-corrected chi connectivity index (χ3v) is 18.0. The Morgan fingerprint density at radius 2 is 0.511 bits per heavy atom. The van der Waals surface area contributed by atoms with Crippen LogP contribution in [0.5, 0.6) is 23.0 Å². The minimum Gasteiger partial charge on any atom is -0.496 e. The van der Waals surface area contributed by atoms with E-state index >= 15 is 0 Å². The first-order valence-electron chi connectivity index (χ1n) is 33.6. The second-order valence-electron chi connectivity index (χ2n) is 31.9. The van der Waals surface area contributed by atoms with Crippen LogP contribution in [0.1, 0.15) is 204 Å². The Bertz CT molecular complexity index is 3050. The molecule has 0 radical (unpaired) electrons. The highest BCUT2D eigenvalue weighted by atomic mass is 16.5. The Hall–Kier alpha value is -5.60. The molecule has 12 bridgehead atoms. The Kier molecular flexibility index (Phi) is 23.6. The second-order valence-corrected chi connectivity index (χ2v) is 31.9. The van der Waals surface area contributed by atoms with Gasteiger partial charge in [-0.15, -0.1) is 0 Å². The molecule has 0 heterocycles. The van der Waals surface area contributed by atoms with Crippen LogP contribution in [-0.4, -0.2) is 78.9 Å². The van der Waals surface area contributed by atoms with Crippen molar-refractivity contribution in [3.63, 3.8) is 0 Å². The average Bonchev–Trinajstić information content (AvgIpc) is 0.793. The second kappa shape index (κ2) is 29.6. The van der Waals surface area contributed by atoms with Crippen LogP contribution in [0.15, 0.2) is 94.5 Å². The maximum absolute atomic E-state index is 7.11. The Labute approximate surface area is 543 Å². The van der Waals surface area contributed by atoms with Gasteiger partial charge in [0.05, 0.1) is 13.2 Å². The van der Waals surface area contributed by atoms with Crippen LogP contribution < -0.4 is 53.3 Å². The minimum absolute atomic E-state index is 0.0762. The summed E-state index contributed by atoms with van der Waals surface area (Å²) in [5.74, 6) is 5.10. The first kappa shape index (κ1) is 71.8. The number of rotatable bonds is 18. The van der Waals surface area contributed by atoms with E-state index in [2.05, 4.69) is 185 Å². The predicted octanol–water partition coefficient (Wildman–Crippen LogP) is 13.7. The number of hydrogen-bond donors (Lipinski definition) is 6. The molecule has 12 heteroatoms. The Morgan fingerprint density at radius 1 is 0.289 bits per heavy atom. The summed E-state index contributed by atoms with van der Waals surface area (Å²) < 4.78 is 42.5. The first-order chi connectivity index (χ1) is 42.1. The van der Waals surface area contributed by atoms with Gasteiger partial charge in [-0.05, 0) is 136 Å². The lowest BCUT2D eigenvalue weighted by Gasteiger charge is -2.35. The van der Waals surface area contributed by atoms with Gasteiger partial charge in [-0.3, -0.25) is 0 Å². The lowest BCUT2D eigenvalue weighted by atomic mass is 9.73. The molecule has 2 unspecified atom stereocenters. The van der Waals surface area contributed by atoms with Crippen LogP contribution in [-0.2, 0) is 69.7 Å². The van der Waals surface area contributed by atoms with Crippen molar-refractivity contribution >= 4 is 0 Å². The van der Waals surface area contributed by atoms with E-state index in [0.29, 0.717) is 117 Å². The molecule has 0 amide bonds. The largest absolute Gasteiger partial charge is 0.496 e. The van der Waals surface area contributed by atoms with Crippen LogP contribution in [0.4, 0.5) is 0 Å². The lowest BCUT2D eigenvalue weighted by Crippen LogP contribution is -2.26. The van der Waals surface area contributed by atoms with Crippen LogP contribution >= 0.6 is 0 Å². The molecule has 0 fully saturated rings. The normalized spacial score (nSPS) is 17.3. The maximum atomic E-state index is 7.11. The quantitative estimate of drug-likeness (QED) is 0.0549. The molecule has 7 rings (SSSR count). The molecule has 2 atom stereocenters. The predicted molar refractivity (Wildman–Crippen MR) is 375 cm³/mol. The molecule has 12 nitrogen and oxygen atoms in total. The Morgan fingerprint density at radius 3 is 0.744 bits per heavy atom. The molecule has 0 saturated carbocycles. The fourth-order valence-corrected chi connectivity index (χ4v) is 12.9. The first-order valence-corrected chi connectivity index (χ1v) is 33.6. The van der Waals surface area contributed by atoms with Crippen molar-refractivity contribution in [3.05, 3.63) is 161 Å². The van der Waals surface area contributed by atoms with E-state index in [0.717, 1.165) is 103 Å². The molecule has 4 aromatic rings. The van der Waals surface area contributed by atoms with Gasteiger partial charge in [-0.1, -0.05) is 196 Å². The van der Waals surface area contributed by atoms with Crippen molar-refractivity contribution in [1.82, 2.24) is 0 Å². The van der Waals surface area contributed by atoms with E-state index in [-0.39, 0.29) is 44.3 Å². The molecule has 12 N–H and O–H groups in total. The summed E-state index contributed by atoms with van der Waals surface area (Å²) in [4.78, 5) is 0. The smallest absolute Gasteiger partial charge is 0.126 e. The molecule has 0 spiro atoms. The number of benzene rings is 4. The number of ether oxygens (including phenoxy) is 6. The van der Waals surface area contributed by atoms with E-state index in [4.69, 9.17) is 62.8 Å². The van der Waals surface area contributed by atoms with Crippen molar-refractivity contribution in [1.29, 1.82) is 0 Å². The van der Waals surface area contributed by atoms with Crippen molar-refractivity contribution < 1.29 is 28.4 Å². The minimum atomic E-state index is -0.227. The van der Waals surface area contributed by atoms with Crippen LogP contribution in [0.2, 0.25) is 0 Å². The number of nitrogens with two attached hydrogens (primary N) is 6. The maximum Gasteiger partial charge on any atom is 0.126 e. The molecule has 3 aliphatic rings. The highest BCUT2D eigenvalue weighted by Crippen LogP contribution is 2.49. The van der Waals surface area contributed by atoms with Crippen molar-refractivity contribution in [2.24, 2.45) is 57.1 Å². The average molecular weight is 1240 g/mol. The van der Waals surface area contributed by atoms with Crippen molar-refractivity contribution in [2.45, 2.75) is 198 Å². The summed E-state index contributed by atoms with van der Waals surface area (Å²) in [7, 11) is 0. The van der Waals surface area contributed by atoms with E-state index in [1.54, 1.807) is 0 Å². The van der Waals surface area contributed by atoms with Crippen LogP contribution in [0, 0.1) is 22.7 Å². The highest BCUT2D eigenvalue weighted by molar-refractivity contribution is 5.58. The van der Waals surface area contributed by atoms with Gasteiger partial charge >= 0.3 is 0 Å². The number of hydrogen-bond acceptors (Lipinski definition) is 12. The zero-order valence-electron chi connectivity index (χ0n) is 59.0. The third-order valence-electron chi connectivity index (χ3n) is 18.0. The SMILES string of the molecule is CC(C)(C)C1=CC2=C(OCCN)C(C1)Cc1cc(C(C)(C)C)cc(c1OCCN)Cc1cc(C(C)(C)C)cc(c1OCCN)CC1=C(OCCN)C(CC(C(C)(C)C)=C1)Cc1cc(C(C)(C)C)cc(c1OCCN)Cc1cc(C(C)(C)C)cc(c1OCCN)C2. The number of fused-ring (bicyclic) bond motifs is 10. The zero-order chi connectivity index (χ0) is 66.3. The summed E-state index contributed by atoms with van der Waals surface area (Å²) >= 11 is 0. The van der Waals surface area contributed by atoms with Crippen molar-refractivity contribution in [2.75, 3.05) is 78.9 Å². The third kappa shape index (κ3) is 18.0. The molecule has 496 valence electrons. The molecule has 90 heavy (non-hydrogen) atoms. The fraction of sp³-hybridized carbons (Fsp3) is 0.590. The van der Waals surface area contributed by atoms with E-state index in [1.165, 1.54) is 33.4 Å². The number of allylic oxidation sites excluding steroid dienone is 8. The molecule has 3 aliphatic carbocycles. The summed E-state index contributed by atoms with van der Waals surface area (Å²) in [6.07, 6.45) is 9.84. The van der Waals surface area contributed by atoms with Crippen LogP contribution in [0.25, 0.3) is 0 Å². The molecule has 0 aromatic heterocycles. The van der Waals surface area contributed by atoms with Gasteiger partial charge in [0, 0.05) is 76.8 Å². The highest BCUT2D eigenvalue weighted by Gasteiger charge is 2.37. The topological polar surface area (TPSA) is 212 Å². The van der Waals surface area contributed by atoms with Gasteiger partial charge in [0.25, 0.3) is 0 Å². The van der Waals surface area contributed by atoms with Crippen molar-refractivity contribution in [3.8, 4) is 23.0 Å². The van der Waals surface area contributed by atoms with Gasteiger partial charge in [-0.25, -0.2) is 0 Å². The zero-order valence-corrected chi connectivity index (χ0v) is 59.0. The monoisotopic (exact) mass is 1230 g/mol. The molecular formula is C78H118N6O6. The summed E-state index contributed by atoms with van der Waals surface area (Å²) in [5.41, 5.74) is 55.7. The summed E-state index contributed by atoms with van der Waals surface area (Å²) in [5, 5.41) is 0. The molecule has 4 aromatic carbocycles. The Balaban J connectivity index is 1.70. The van der Waals surface area contributed by atoms with E-state index in [1.807, 2.05) is 0 Å². The van der Waals surface area contributed by atoms with Gasteiger partial charge in [0.2, 0.25) is 0 Å². The van der Waals surface area contributed by atoms with E-state index in [9.17, 15) is 0 Å². The standard InChI is InChI=1S/C78H118N6O6/c1-73(2,3)61-37-49-31-51-39-62(74(4,5)6)41-53(68(51)86-26-20-80)33-55-43-64(76(10,11)12)45-57(70(55)88-28-22-82)35-59-47-66(78(16,17)18)48-60(72(59)90-30-24-84)36-58-46-65(77(13,14)15)44-56(71(58)89-29-23-83)34-54-42-63(75(7,8)9)40-52(69(54)87-27-21-81)32-50(38-61)67(49)85-25-19-79/h37-41,44-48,54-55H,19-36,42-43,79-84H2,1-18H3. The van der Waals surface area contributed by atoms with Gasteiger partial charge < -0.3 is 62.8 Å². The van der Waals surface area contributed by atoms with Gasteiger partial charge in [0.15, 0.2) is 0 Å². The van der Waals surface area contributed by atoms with Crippen LogP contribution in [0.3, 0.4) is 0 Å². The summed E-state index contributed by atoms with van der Waals surface area (Å²) in [6.45, 7) is 45.7. The lowest BCUT2D eigenvalue weighted by molar-refractivity contribution is 0.173.